The molecule has 6 nitrogen and oxygen atoms in total. The van der Waals surface area contributed by atoms with Gasteiger partial charge < -0.3 is 19.1 Å². The van der Waals surface area contributed by atoms with E-state index < -0.39 is 0 Å². The van der Waals surface area contributed by atoms with Crippen LogP contribution in [0, 0.1) is 0 Å². The second kappa shape index (κ2) is 10.8. The van der Waals surface area contributed by atoms with Crippen LogP contribution in [0.1, 0.15) is 12.5 Å². The molecular formula is C23H30N2O4. The number of methoxy groups -OCH3 is 1. The first-order chi connectivity index (χ1) is 14.2. The topological polar surface area (TPSA) is 51.2 Å². The van der Waals surface area contributed by atoms with Crippen molar-refractivity contribution < 1.29 is 19.0 Å². The van der Waals surface area contributed by atoms with Gasteiger partial charge in [0.2, 0.25) is 0 Å². The van der Waals surface area contributed by atoms with Gasteiger partial charge in [-0.1, -0.05) is 30.3 Å². The highest BCUT2D eigenvalue weighted by Gasteiger charge is 2.24. The molecule has 2 aromatic rings. The van der Waals surface area contributed by atoms with E-state index in [-0.39, 0.29) is 18.6 Å². The SMILES string of the molecule is COc1ccc(OCC(=O)N(Cc2ccccc2)C(C)CN2CCOCC2)cc1. The minimum atomic E-state index is -0.0227. The molecule has 0 N–H and O–H groups in total. The monoisotopic (exact) mass is 398 g/mol. The molecule has 3 rings (SSSR count). The second-order valence-electron chi connectivity index (χ2n) is 7.23. The van der Waals surface area contributed by atoms with Crippen LogP contribution < -0.4 is 9.47 Å². The maximum Gasteiger partial charge on any atom is 0.261 e. The largest absolute Gasteiger partial charge is 0.497 e. The number of carbonyl (C=O) groups excluding carboxylic acids is 1. The van der Waals surface area contributed by atoms with Gasteiger partial charge in [-0.05, 0) is 36.8 Å². The fraction of sp³-hybridized carbons (Fsp3) is 0.435. The number of rotatable bonds is 9. The first-order valence-electron chi connectivity index (χ1n) is 10.1. The predicted octanol–water partition coefficient (Wildman–Crippen LogP) is 2.82. The Morgan fingerprint density at radius 1 is 1.07 bits per heavy atom. The van der Waals surface area contributed by atoms with E-state index in [1.54, 1.807) is 7.11 Å². The first-order valence-corrected chi connectivity index (χ1v) is 10.1. The molecule has 0 bridgehead atoms. The molecule has 0 aliphatic carbocycles. The van der Waals surface area contributed by atoms with Crippen molar-refractivity contribution >= 4 is 5.91 Å². The Hall–Kier alpha value is -2.57. The second-order valence-corrected chi connectivity index (χ2v) is 7.23. The predicted molar refractivity (Wildman–Crippen MR) is 112 cm³/mol. The van der Waals surface area contributed by atoms with Crippen molar-refractivity contribution in [3.8, 4) is 11.5 Å². The summed E-state index contributed by atoms with van der Waals surface area (Å²) in [5.74, 6) is 1.39. The van der Waals surface area contributed by atoms with Crippen molar-refractivity contribution in [1.82, 2.24) is 9.80 Å². The zero-order valence-corrected chi connectivity index (χ0v) is 17.3. The molecule has 0 aromatic heterocycles. The van der Waals surface area contributed by atoms with Gasteiger partial charge >= 0.3 is 0 Å². The molecule has 2 aromatic carbocycles. The molecule has 1 heterocycles. The Labute approximate surface area is 173 Å². The van der Waals surface area contributed by atoms with Gasteiger partial charge in [0.1, 0.15) is 11.5 Å². The van der Waals surface area contributed by atoms with Crippen LogP contribution in [0.3, 0.4) is 0 Å². The van der Waals surface area contributed by atoms with E-state index in [0.29, 0.717) is 12.3 Å². The Morgan fingerprint density at radius 3 is 2.38 bits per heavy atom. The molecule has 6 heteroatoms. The molecule has 156 valence electrons. The summed E-state index contributed by atoms with van der Waals surface area (Å²) in [6, 6.07) is 17.4. The lowest BCUT2D eigenvalue weighted by atomic mass is 10.1. The highest BCUT2D eigenvalue weighted by atomic mass is 16.5. The first kappa shape index (κ1) is 21.1. The van der Waals surface area contributed by atoms with Gasteiger partial charge in [-0.15, -0.1) is 0 Å². The average molecular weight is 399 g/mol. The number of amides is 1. The molecule has 1 amide bonds. The molecule has 0 saturated carbocycles. The Balaban J connectivity index is 1.64. The lowest BCUT2D eigenvalue weighted by Crippen LogP contribution is -2.49. The van der Waals surface area contributed by atoms with Crippen molar-refractivity contribution in [3.63, 3.8) is 0 Å². The Bertz CT molecular complexity index is 745. The summed E-state index contributed by atoms with van der Waals surface area (Å²) >= 11 is 0. The van der Waals surface area contributed by atoms with E-state index in [4.69, 9.17) is 14.2 Å². The number of hydrogen-bond acceptors (Lipinski definition) is 5. The van der Waals surface area contributed by atoms with Gasteiger partial charge in [0.25, 0.3) is 5.91 Å². The molecule has 1 atom stereocenters. The van der Waals surface area contributed by atoms with Crippen LogP contribution >= 0.6 is 0 Å². The summed E-state index contributed by atoms with van der Waals surface area (Å²) in [7, 11) is 1.62. The molecule has 1 fully saturated rings. The Morgan fingerprint density at radius 2 is 1.72 bits per heavy atom. The van der Waals surface area contributed by atoms with Crippen molar-refractivity contribution in [1.29, 1.82) is 0 Å². The number of ether oxygens (including phenoxy) is 3. The lowest BCUT2D eigenvalue weighted by molar-refractivity contribution is -0.136. The number of benzene rings is 2. The van der Waals surface area contributed by atoms with Gasteiger partial charge in [-0.2, -0.15) is 0 Å². The highest BCUT2D eigenvalue weighted by Crippen LogP contribution is 2.18. The van der Waals surface area contributed by atoms with Crippen LogP contribution in [0.15, 0.2) is 54.6 Å². The minimum Gasteiger partial charge on any atom is -0.497 e. The number of hydrogen-bond donors (Lipinski definition) is 0. The minimum absolute atomic E-state index is 0.00656. The molecule has 0 radical (unpaired) electrons. The Kier molecular flexibility index (Phi) is 7.90. The van der Waals surface area contributed by atoms with E-state index in [2.05, 4.69) is 11.8 Å². The van der Waals surface area contributed by atoms with Gasteiger partial charge in [0.05, 0.1) is 20.3 Å². The zero-order chi connectivity index (χ0) is 20.5. The quantitative estimate of drug-likeness (QED) is 0.650. The molecule has 0 spiro atoms. The summed E-state index contributed by atoms with van der Waals surface area (Å²) in [5, 5.41) is 0. The summed E-state index contributed by atoms with van der Waals surface area (Å²) < 4.78 is 16.3. The third kappa shape index (κ3) is 6.48. The fourth-order valence-corrected chi connectivity index (χ4v) is 3.43. The summed E-state index contributed by atoms with van der Waals surface area (Å²) in [4.78, 5) is 17.3. The third-order valence-electron chi connectivity index (χ3n) is 5.10. The summed E-state index contributed by atoms with van der Waals surface area (Å²) in [6.45, 7) is 6.80. The third-order valence-corrected chi connectivity index (χ3v) is 5.10. The van der Waals surface area contributed by atoms with E-state index in [1.165, 1.54) is 0 Å². The maximum atomic E-state index is 13.1. The standard InChI is InChI=1S/C23H30N2O4/c1-19(16-24-12-14-28-15-13-24)25(17-20-6-4-3-5-7-20)23(26)18-29-22-10-8-21(27-2)9-11-22/h3-11,19H,12-18H2,1-2H3. The molecule has 1 unspecified atom stereocenters. The number of nitrogens with zero attached hydrogens (tertiary/aromatic N) is 2. The number of morpholine rings is 1. The van der Waals surface area contributed by atoms with E-state index >= 15 is 0 Å². The van der Waals surface area contributed by atoms with Crippen LogP contribution in [-0.2, 0) is 16.1 Å². The van der Waals surface area contributed by atoms with Crippen molar-refractivity contribution in [2.24, 2.45) is 0 Å². The van der Waals surface area contributed by atoms with E-state index in [9.17, 15) is 4.79 Å². The highest BCUT2D eigenvalue weighted by molar-refractivity contribution is 5.78. The van der Waals surface area contributed by atoms with Gasteiger partial charge in [-0.25, -0.2) is 0 Å². The normalized spacial score (nSPS) is 15.5. The van der Waals surface area contributed by atoms with E-state index in [0.717, 1.165) is 44.2 Å². The van der Waals surface area contributed by atoms with Gasteiger partial charge in [0, 0.05) is 32.2 Å². The zero-order valence-electron chi connectivity index (χ0n) is 17.3. The van der Waals surface area contributed by atoms with Crippen molar-refractivity contribution in [3.05, 3.63) is 60.2 Å². The van der Waals surface area contributed by atoms with Gasteiger partial charge in [0.15, 0.2) is 6.61 Å². The molecule has 1 aliphatic rings. The van der Waals surface area contributed by atoms with Crippen molar-refractivity contribution in [2.75, 3.05) is 46.6 Å². The molecule has 29 heavy (non-hydrogen) atoms. The van der Waals surface area contributed by atoms with Crippen molar-refractivity contribution in [2.45, 2.75) is 19.5 Å². The van der Waals surface area contributed by atoms with Crippen LogP contribution in [0.4, 0.5) is 0 Å². The van der Waals surface area contributed by atoms with Crippen LogP contribution in [0.2, 0.25) is 0 Å². The smallest absolute Gasteiger partial charge is 0.261 e. The molecule has 1 saturated heterocycles. The van der Waals surface area contributed by atoms with Crippen LogP contribution in [0.5, 0.6) is 11.5 Å². The summed E-state index contributed by atoms with van der Waals surface area (Å²) in [6.07, 6.45) is 0. The summed E-state index contributed by atoms with van der Waals surface area (Å²) in [5.41, 5.74) is 1.11. The molecule has 1 aliphatic heterocycles. The maximum absolute atomic E-state index is 13.1. The number of carbonyl (C=O) groups is 1. The lowest BCUT2D eigenvalue weighted by Gasteiger charge is -2.35. The molecular weight excluding hydrogens is 368 g/mol. The fourth-order valence-electron chi connectivity index (χ4n) is 3.43. The van der Waals surface area contributed by atoms with Crippen LogP contribution in [0.25, 0.3) is 0 Å². The van der Waals surface area contributed by atoms with Gasteiger partial charge in [-0.3, -0.25) is 9.69 Å². The van der Waals surface area contributed by atoms with E-state index in [1.807, 2.05) is 59.5 Å². The average Bonchev–Trinajstić information content (AvgIpc) is 2.77. The van der Waals surface area contributed by atoms with Crippen LogP contribution in [-0.4, -0.2) is 68.3 Å².